The third-order valence-corrected chi connectivity index (χ3v) is 3.38. The van der Waals surface area contributed by atoms with Crippen LogP contribution in [0, 0.1) is 0 Å². The zero-order valence-corrected chi connectivity index (χ0v) is 10.2. The number of aryl methyl sites for hydroxylation is 1. The number of aromatic nitrogens is 2. The van der Waals surface area contributed by atoms with Crippen LogP contribution in [0.3, 0.4) is 0 Å². The van der Waals surface area contributed by atoms with Gasteiger partial charge >= 0.3 is 0 Å². The summed E-state index contributed by atoms with van der Waals surface area (Å²) in [7, 11) is 1.72. The van der Waals surface area contributed by atoms with Crippen molar-refractivity contribution in [3.05, 3.63) is 22.7 Å². The molecule has 1 fully saturated rings. The van der Waals surface area contributed by atoms with Crippen molar-refractivity contribution in [3.8, 4) is 0 Å². The topological polar surface area (TPSA) is 58.4 Å². The maximum Gasteiger partial charge on any atom is 0.293 e. The van der Waals surface area contributed by atoms with E-state index in [-0.39, 0.29) is 12.2 Å². The maximum absolute atomic E-state index is 12.0. The molecule has 2 rings (SSSR count). The number of anilines is 1. The first-order valence-corrected chi connectivity index (χ1v) is 6.13. The molecule has 1 aromatic heterocycles. The predicted octanol–water partition coefficient (Wildman–Crippen LogP) is 0.522. The van der Waals surface area contributed by atoms with Crippen LogP contribution in [0.15, 0.2) is 17.2 Å². The summed E-state index contributed by atoms with van der Waals surface area (Å²) in [6.45, 7) is 0.535. The zero-order chi connectivity index (χ0) is 12.3. The van der Waals surface area contributed by atoms with Gasteiger partial charge in [-0.3, -0.25) is 4.79 Å². The highest BCUT2D eigenvalue weighted by molar-refractivity contribution is 5.37. The van der Waals surface area contributed by atoms with Crippen LogP contribution in [-0.2, 0) is 7.05 Å². The summed E-state index contributed by atoms with van der Waals surface area (Å²) < 4.78 is 1.53. The lowest BCUT2D eigenvalue weighted by Crippen LogP contribution is -2.40. The Bertz CT molecular complexity index is 424. The van der Waals surface area contributed by atoms with E-state index in [1.807, 2.05) is 4.90 Å². The molecule has 0 bridgehead atoms. The summed E-state index contributed by atoms with van der Waals surface area (Å²) in [5, 5.41) is 9.14. The molecule has 1 saturated carbocycles. The second kappa shape index (κ2) is 5.31. The molecule has 0 unspecified atom stereocenters. The van der Waals surface area contributed by atoms with Crippen molar-refractivity contribution in [2.75, 3.05) is 18.1 Å². The summed E-state index contributed by atoms with van der Waals surface area (Å²) in [6.07, 6.45) is 7.84. The zero-order valence-electron chi connectivity index (χ0n) is 10.2. The van der Waals surface area contributed by atoms with E-state index in [1.165, 1.54) is 17.4 Å². The molecule has 0 amide bonds. The minimum absolute atomic E-state index is 0.0518. The second-order valence-corrected chi connectivity index (χ2v) is 4.52. The smallest absolute Gasteiger partial charge is 0.293 e. The number of nitrogens with zero attached hydrogens (tertiary/aromatic N) is 3. The monoisotopic (exact) mass is 237 g/mol. The van der Waals surface area contributed by atoms with E-state index in [2.05, 4.69) is 4.98 Å². The van der Waals surface area contributed by atoms with Crippen molar-refractivity contribution in [2.24, 2.45) is 7.05 Å². The molecule has 1 N–H and O–H groups in total. The van der Waals surface area contributed by atoms with Gasteiger partial charge in [0.05, 0.1) is 6.61 Å². The van der Waals surface area contributed by atoms with Crippen molar-refractivity contribution < 1.29 is 5.11 Å². The third-order valence-electron chi connectivity index (χ3n) is 3.38. The molecule has 0 spiro atoms. The lowest BCUT2D eigenvalue weighted by Gasteiger charge is -2.28. The largest absolute Gasteiger partial charge is 0.395 e. The molecule has 0 radical (unpaired) electrons. The van der Waals surface area contributed by atoms with Crippen molar-refractivity contribution in [2.45, 2.75) is 31.7 Å². The first-order valence-electron chi connectivity index (χ1n) is 6.13. The molecule has 1 heterocycles. The van der Waals surface area contributed by atoms with Crippen LogP contribution in [0.5, 0.6) is 0 Å². The lowest BCUT2D eigenvalue weighted by atomic mass is 10.2. The number of aliphatic hydroxyl groups excluding tert-OH is 1. The van der Waals surface area contributed by atoms with Crippen LogP contribution in [-0.4, -0.2) is 33.9 Å². The number of hydrogen-bond acceptors (Lipinski definition) is 4. The van der Waals surface area contributed by atoms with Gasteiger partial charge < -0.3 is 14.6 Å². The van der Waals surface area contributed by atoms with Gasteiger partial charge in [-0.25, -0.2) is 4.98 Å². The van der Waals surface area contributed by atoms with Gasteiger partial charge in [0.1, 0.15) is 0 Å². The fourth-order valence-electron chi connectivity index (χ4n) is 2.47. The predicted molar refractivity (Wildman–Crippen MR) is 66.2 cm³/mol. The van der Waals surface area contributed by atoms with Crippen LogP contribution < -0.4 is 10.5 Å². The summed E-state index contributed by atoms with van der Waals surface area (Å²) in [4.78, 5) is 18.2. The SMILES string of the molecule is Cn1ccnc(N(CCO)C2CCCC2)c1=O. The first kappa shape index (κ1) is 12.1. The molecule has 0 atom stereocenters. The number of hydrogen-bond donors (Lipinski definition) is 1. The van der Waals surface area contributed by atoms with Crippen LogP contribution in [0.2, 0.25) is 0 Å². The Balaban J connectivity index is 2.31. The molecule has 1 aliphatic carbocycles. The van der Waals surface area contributed by atoms with Gasteiger partial charge in [-0.1, -0.05) is 12.8 Å². The quantitative estimate of drug-likeness (QED) is 0.829. The lowest BCUT2D eigenvalue weighted by molar-refractivity contribution is 0.296. The molecular formula is C12H19N3O2. The van der Waals surface area contributed by atoms with Crippen LogP contribution >= 0.6 is 0 Å². The van der Waals surface area contributed by atoms with Crippen LogP contribution in [0.1, 0.15) is 25.7 Å². The van der Waals surface area contributed by atoms with Gasteiger partial charge in [0.2, 0.25) is 0 Å². The highest BCUT2D eigenvalue weighted by atomic mass is 16.3. The molecule has 5 nitrogen and oxygen atoms in total. The molecule has 0 aromatic carbocycles. The summed E-state index contributed by atoms with van der Waals surface area (Å²) >= 11 is 0. The molecule has 94 valence electrons. The van der Waals surface area contributed by atoms with Crippen LogP contribution in [0.25, 0.3) is 0 Å². The standard InChI is InChI=1S/C12H19N3O2/c1-14-7-6-13-11(12(14)17)15(8-9-16)10-4-2-3-5-10/h6-7,10,16H,2-5,8-9H2,1H3. The minimum atomic E-state index is -0.0900. The van der Waals surface area contributed by atoms with Gasteiger partial charge in [0.25, 0.3) is 5.56 Å². The van der Waals surface area contributed by atoms with Gasteiger partial charge in [-0.2, -0.15) is 0 Å². The Kier molecular flexibility index (Phi) is 3.78. The Morgan fingerprint density at radius 1 is 1.53 bits per heavy atom. The fraction of sp³-hybridized carbons (Fsp3) is 0.667. The highest BCUT2D eigenvalue weighted by Gasteiger charge is 2.25. The molecule has 0 saturated heterocycles. The molecule has 1 aromatic rings. The van der Waals surface area contributed by atoms with E-state index in [4.69, 9.17) is 5.11 Å². The van der Waals surface area contributed by atoms with Crippen molar-refractivity contribution in [1.82, 2.24) is 9.55 Å². The van der Waals surface area contributed by atoms with Crippen molar-refractivity contribution in [1.29, 1.82) is 0 Å². The van der Waals surface area contributed by atoms with Gasteiger partial charge in [0, 0.05) is 32.0 Å². The molecule has 5 heteroatoms. The summed E-state index contributed by atoms with van der Waals surface area (Å²) in [6, 6.07) is 0.352. The molecular weight excluding hydrogens is 218 g/mol. The average molecular weight is 237 g/mol. The highest BCUT2D eigenvalue weighted by Crippen LogP contribution is 2.25. The van der Waals surface area contributed by atoms with Gasteiger partial charge in [0.15, 0.2) is 5.82 Å². The Morgan fingerprint density at radius 3 is 2.88 bits per heavy atom. The summed E-state index contributed by atoms with van der Waals surface area (Å²) in [5.74, 6) is 0.468. The van der Waals surface area contributed by atoms with Gasteiger partial charge in [-0.15, -0.1) is 0 Å². The average Bonchev–Trinajstić information content (AvgIpc) is 2.84. The summed E-state index contributed by atoms with van der Waals surface area (Å²) in [5.41, 5.74) is -0.0900. The van der Waals surface area contributed by atoms with Gasteiger partial charge in [-0.05, 0) is 12.8 Å². The Labute approximate surface area is 101 Å². The van der Waals surface area contributed by atoms with Crippen molar-refractivity contribution in [3.63, 3.8) is 0 Å². The maximum atomic E-state index is 12.0. The Hall–Kier alpha value is -1.36. The third kappa shape index (κ3) is 2.49. The molecule has 1 aliphatic rings. The minimum Gasteiger partial charge on any atom is -0.395 e. The number of rotatable bonds is 4. The van der Waals surface area contributed by atoms with Crippen molar-refractivity contribution >= 4 is 5.82 Å². The van der Waals surface area contributed by atoms with Crippen LogP contribution in [0.4, 0.5) is 5.82 Å². The molecule has 17 heavy (non-hydrogen) atoms. The number of aliphatic hydroxyl groups is 1. The fourth-order valence-corrected chi connectivity index (χ4v) is 2.47. The van der Waals surface area contributed by atoms with E-state index in [0.717, 1.165) is 12.8 Å². The van der Waals surface area contributed by atoms with E-state index in [9.17, 15) is 4.79 Å². The van der Waals surface area contributed by atoms with E-state index >= 15 is 0 Å². The second-order valence-electron chi connectivity index (χ2n) is 4.52. The van der Waals surface area contributed by atoms with E-state index < -0.39 is 0 Å². The Morgan fingerprint density at radius 2 is 2.24 bits per heavy atom. The first-order chi connectivity index (χ1) is 8.24. The normalized spacial score (nSPS) is 16.4. The van der Waals surface area contributed by atoms with E-state index in [1.54, 1.807) is 19.4 Å². The van der Waals surface area contributed by atoms with E-state index in [0.29, 0.717) is 18.4 Å². The molecule has 0 aliphatic heterocycles.